The van der Waals surface area contributed by atoms with Crippen molar-refractivity contribution < 1.29 is 24.1 Å². The van der Waals surface area contributed by atoms with Crippen molar-refractivity contribution in [1.29, 1.82) is 0 Å². The molecule has 4 saturated carbocycles. The van der Waals surface area contributed by atoms with Gasteiger partial charge in [-0.3, -0.25) is 9.97 Å². The summed E-state index contributed by atoms with van der Waals surface area (Å²) in [5.74, 6) is 2.23. The molecule has 4 spiro atoms. The number of methoxy groups -OCH3 is 1. The monoisotopic (exact) mass is 885 g/mol. The Hall–Kier alpha value is -3.98. The Labute approximate surface area is 391 Å². The molecule has 2 saturated heterocycles. The third-order valence-corrected chi connectivity index (χ3v) is 20.1. The average molecular weight is 885 g/mol. The fourth-order valence-corrected chi connectivity index (χ4v) is 16.9. The first-order chi connectivity index (χ1) is 32.1. The van der Waals surface area contributed by atoms with Gasteiger partial charge in [0.2, 0.25) is 0 Å². The van der Waals surface area contributed by atoms with Gasteiger partial charge in [0.05, 0.1) is 47.8 Å². The van der Waals surface area contributed by atoms with E-state index in [4.69, 9.17) is 18.9 Å². The lowest BCUT2D eigenvalue weighted by atomic mass is 9.58. The predicted molar refractivity (Wildman–Crippen MR) is 259 cm³/mol. The van der Waals surface area contributed by atoms with Crippen LogP contribution in [-0.4, -0.2) is 70.0 Å². The number of aromatic nitrogens is 2. The Morgan fingerprint density at radius 2 is 1.17 bits per heavy atom. The van der Waals surface area contributed by atoms with Crippen molar-refractivity contribution >= 4 is 21.5 Å². The van der Waals surface area contributed by atoms with Crippen LogP contribution in [0.25, 0.3) is 21.5 Å². The van der Waals surface area contributed by atoms with E-state index in [0.717, 1.165) is 77.0 Å². The second-order valence-corrected chi connectivity index (χ2v) is 23.0. The zero-order chi connectivity index (χ0) is 44.5. The highest BCUT2D eigenvalue weighted by Gasteiger charge is 2.68. The van der Waals surface area contributed by atoms with Crippen LogP contribution in [0.5, 0.6) is 0 Å². The molecule has 2 unspecified atom stereocenters. The lowest BCUT2D eigenvalue weighted by Crippen LogP contribution is -2.54. The molecule has 12 atom stereocenters. The predicted octanol–water partition coefficient (Wildman–Crippen LogP) is 12.3. The summed E-state index contributed by atoms with van der Waals surface area (Å²) in [4.78, 5) is 8.73. The van der Waals surface area contributed by atoms with E-state index >= 15 is 0 Å². The number of hydrogen-bond donors (Lipinski definition) is 1. The van der Waals surface area contributed by atoms with Crippen molar-refractivity contribution in [3.05, 3.63) is 131 Å². The highest BCUT2D eigenvalue weighted by molar-refractivity contribution is 5.83. The van der Waals surface area contributed by atoms with E-state index in [1.54, 1.807) is 7.11 Å². The summed E-state index contributed by atoms with van der Waals surface area (Å²) in [5.41, 5.74) is 8.75. The molecule has 0 radical (unpaired) electrons. The van der Waals surface area contributed by atoms with Crippen LogP contribution in [0.4, 0.5) is 0 Å². The van der Waals surface area contributed by atoms with Gasteiger partial charge in [-0.2, -0.15) is 0 Å². The zero-order valence-corrected chi connectivity index (χ0v) is 39.4. The van der Waals surface area contributed by atoms with E-state index in [1.807, 2.05) is 24.8 Å². The van der Waals surface area contributed by atoms with Crippen molar-refractivity contribution in [3.8, 4) is 0 Å². The lowest BCUT2D eigenvalue weighted by Gasteiger charge is -2.54. The quantitative estimate of drug-likeness (QED) is 0.193. The number of aliphatic hydroxyl groups is 1. The van der Waals surface area contributed by atoms with Crippen LogP contribution in [0.1, 0.15) is 140 Å². The molecule has 2 aromatic heterocycles. The van der Waals surface area contributed by atoms with Crippen molar-refractivity contribution in [3.63, 3.8) is 0 Å². The Kier molecular flexibility index (Phi) is 9.75. The average Bonchev–Trinajstić information content (AvgIpc) is 4.06. The fourth-order valence-electron chi connectivity index (χ4n) is 16.9. The summed E-state index contributed by atoms with van der Waals surface area (Å²) in [5, 5.41) is 15.5. The molecule has 0 amide bonds. The minimum atomic E-state index is -0.213. The van der Waals surface area contributed by atoms with Gasteiger partial charge in [0, 0.05) is 55.5 Å². The van der Waals surface area contributed by atoms with Crippen LogP contribution < -0.4 is 0 Å². The second-order valence-electron chi connectivity index (χ2n) is 23.0. The molecule has 7 nitrogen and oxygen atoms in total. The molecule has 6 heterocycles. The fraction of sp³-hybridized carbons (Fsp3) is 0.559. The Balaban J connectivity index is 0.000000133. The van der Waals surface area contributed by atoms with E-state index in [9.17, 15) is 5.11 Å². The van der Waals surface area contributed by atoms with Gasteiger partial charge in [-0.25, -0.2) is 0 Å². The van der Waals surface area contributed by atoms with E-state index in [-0.39, 0.29) is 45.4 Å². The highest BCUT2D eigenvalue weighted by atomic mass is 16.5. The standard InChI is InChI=1S/C31H37NO3.C28H31NO2/c1-29-11-9-25-18-24-5-6-26(34-16-15-33-2)19-30(24)12-13-31(25,35-30)28(29)8-7-27(29)22-4-3-21-10-14-32-20-23(21)17-22;1-26-10-8-22-15-21-4-5-23(30)16-27(21)11-12-28(22,31-27)25(26)7-6-24(26)19-3-2-18-9-13-29-17-20(18)14-19/h3-4,9-10,14,17-18,20,26-28H,5-8,11-13,15-16,19H2,1-2H3;2-3,8-9,13-15,17,23-25,30H,4-7,10-12,16H2,1H3/t26-,27-,28-,29-,30?,31-;23-,24-,25-,26-,27?,28-/m11/s1. The molecule has 2 aromatic carbocycles. The summed E-state index contributed by atoms with van der Waals surface area (Å²) in [6.45, 7) is 6.41. The smallest absolute Gasteiger partial charge is 0.0974 e. The topological polar surface area (TPSA) is 82.9 Å². The molecular formula is C59H68N2O5. The van der Waals surface area contributed by atoms with E-state index in [1.165, 1.54) is 80.6 Å². The molecule has 344 valence electrons. The molecular weight excluding hydrogens is 817 g/mol. The summed E-state index contributed by atoms with van der Waals surface area (Å²) < 4.78 is 26.0. The van der Waals surface area contributed by atoms with Crippen molar-refractivity contribution in [2.75, 3.05) is 20.3 Å². The van der Waals surface area contributed by atoms with Gasteiger partial charge in [0.25, 0.3) is 0 Å². The molecule has 66 heavy (non-hydrogen) atoms. The molecule has 4 bridgehead atoms. The van der Waals surface area contributed by atoms with Gasteiger partial charge in [-0.1, -0.05) is 62.4 Å². The third kappa shape index (κ3) is 6.11. The molecule has 10 aliphatic rings. The van der Waals surface area contributed by atoms with Gasteiger partial charge >= 0.3 is 0 Å². The molecule has 4 aromatic rings. The third-order valence-electron chi connectivity index (χ3n) is 20.1. The molecule has 7 heteroatoms. The van der Waals surface area contributed by atoms with Gasteiger partial charge in [0.15, 0.2) is 0 Å². The SMILES string of the molecule is COCCO[C@@H]1CCC2=CC3=CC[C@]4(C)[C@@H](c5ccc6ccncc6c5)CC[C@H]4[C@@]34CCC2(C1)O4.C[C@]12CC=C3C=C4CC[C@@H](O)CC45CC[C@]3(O5)[C@@H]1CC[C@@H]2c1ccc2ccncc2c1. The molecule has 6 fully saturated rings. The largest absolute Gasteiger partial charge is 0.393 e. The number of allylic oxidation sites excluding steroid dienone is 2. The number of ether oxygens (including phenoxy) is 4. The molecule has 4 aliphatic heterocycles. The first-order valence-corrected chi connectivity index (χ1v) is 25.8. The second kappa shape index (κ2) is 15.3. The van der Waals surface area contributed by atoms with Crippen LogP contribution in [0.2, 0.25) is 0 Å². The maximum atomic E-state index is 10.4. The Morgan fingerprint density at radius 1 is 0.621 bits per heavy atom. The van der Waals surface area contributed by atoms with E-state index < -0.39 is 0 Å². The van der Waals surface area contributed by atoms with Gasteiger partial charge in [0.1, 0.15) is 0 Å². The van der Waals surface area contributed by atoms with Crippen molar-refractivity contribution in [2.24, 2.45) is 22.7 Å². The van der Waals surface area contributed by atoms with Crippen molar-refractivity contribution in [2.45, 2.75) is 163 Å². The number of rotatable bonds is 6. The van der Waals surface area contributed by atoms with Crippen molar-refractivity contribution in [1.82, 2.24) is 9.97 Å². The number of nitrogens with zero attached hydrogens (tertiary/aromatic N) is 2. The molecule has 1 N–H and O–H groups in total. The van der Waals surface area contributed by atoms with E-state index in [2.05, 4.69) is 96.7 Å². The highest BCUT2D eigenvalue weighted by Crippen LogP contribution is 2.71. The number of benzene rings is 2. The lowest BCUT2D eigenvalue weighted by molar-refractivity contribution is -0.150. The Bertz CT molecular complexity index is 2740. The van der Waals surface area contributed by atoms with Crippen LogP contribution in [0, 0.1) is 22.7 Å². The maximum Gasteiger partial charge on any atom is 0.0974 e. The first-order valence-electron chi connectivity index (χ1n) is 25.8. The summed E-state index contributed by atoms with van der Waals surface area (Å²) >= 11 is 0. The molecule has 6 aliphatic carbocycles. The minimum absolute atomic E-state index is 0.113. The van der Waals surface area contributed by atoms with Gasteiger partial charge < -0.3 is 24.1 Å². The number of aliphatic hydroxyl groups excluding tert-OH is 1. The number of pyridine rings is 2. The summed E-state index contributed by atoms with van der Waals surface area (Å²) in [6, 6.07) is 18.3. The van der Waals surface area contributed by atoms with Crippen LogP contribution >= 0.6 is 0 Å². The Morgan fingerprint density at radius 3 is 1.73 bits per heavy atom. The van der Waals surface area contributed by atoms with Crippen LogP contribution in [0.15, 0.2) is 120 Å². The van der Waals surface area contributed by atoms with E-state index in [0.29, 0.717) is 36.9 Å². The van der Waals surface area contributed by atoms with Gasteiger partial charge in [-0.05, 0) is 193 Å². The summed E-state index contributed by atoms with van der Waals surface area (Å²) in [7, 11) is 1.74. The normalized spacial score (nSPS) is 41.2. The summed E-state index contributed by atoms with van der Waals surface area (Å²) in [6.07, 6.45) is 35.5. The maximum absolute atomic E-state index is 10.4. The minimum Gasteiger partial charge on any atom is -0.393 e. The number of hydrogen-bond acceptors (Lipinski definition) is 7. The van der Waals surface area contributed by atoms with Crippen LogP contribution in [-0.2, 0) is 18.9 Å². The molecule has 14 rings (SSSR count). The number of fused-ring (bicyclic) bond motifs is 4. The zero-order valence-electron chi connectivity index (χ0n) is 39.4. The van der Waals surface area contributed by atoms with Gasteiger partial charge in [-0.15, -0.1) is 0 Å². The van der Waals surface area contributed by atoms with Crippen LogP contribution in [0.3, 0.4) is 0 Å². The first kappa shape index (κ1) is 42.1.